The second-order valence-electron chi connectivity index (χ2n) is 5.35. The van der Waals surface area contributed by atoms with E-state index in [0.717, 1.165) is 11.3 Å². The molecule has 0 fully saturated rings. The highest BCUT2D eigenvalue weighted by Gasteiger charge is 2.16. The molecule has 4 heteroatoms. The van der Waals surface area contributed by atoms with Crippen molar-refractivity contribution in [2.45, 2.75) is 39.7 Å². The van der Waals surface area contributed by atoms with Crippen LogP contribution in [0.5, 0.6) is 5.75 Å². The predicted molar refractivity (Wildman–Crippen MR) is 75.6 cm³/mol. The SMILES string of the molecule is CCOC(=O)NCc1cc(C(C)(C)C)ccc1OC. The normalized spacial score (nSPS) is 11.0. The van der Waals surface area contributed by atoms with Gasteiger partial charge in [0.2, 0.25) is 0 Å². The molecule has 0 spiro atoms. The minimum absolute atomic E-state index is 0.0605. The second kappa shape index (κ2) is 6.45. The molecule has 1 aromatic carbocycles. The molecule has 0 saturated heterocycles. The highest BCUT2D eigenvalue weighted by Crippen LogP contribution is 2.27. The van der Waals surface area contributed by atoms with Crippen LogP contribution >= 0.6 is 0 Å². The topological polar surface area (TPSA) is 47.6 Å². The third kappa shape index (κ3) is 4.47. The van der Waals surface area contributed by atoms with Crippen molar-refractivity contribution >= 4 is 6.09 Å². The number of carbonyl (C=O) groups excluding carboxylic acids is 1. The average molecular weight is 265 g/mol. The van der Waals surface area contributed by atoms with Crippen molar-refractivity contribution in [2.75, 3.05) is 13.7 Å². The van der Waals surface area contributed by atoms with Crippen LogP contribution in [0, 0.1) is 0 Å². The van der Waals surface area contributed by atoms with Gasteiger partial charge in [0.25, 0.3) is 0 Å². The van der Waals surface area contributed by atoms with Crippen LogP contribution in [-0.2, 0) is 16.7 Å². The number of hydrogen-bond acceptors (Lipinski definition) is 3. The van der Waals surface area contributed by atoms with Crippen LogP contribution in [0.1, 0.15) is 38.8 Å². The first-order valence-electron chi connectivity index (χ1n) is 6.46. The number of hydrogen-bond donors (Lipinski definition) is 1. The molecular weight excluding hydrogens is 242 g/mol. The first kappa shape index (κ1) is 15.3. The van der Waals surface area contributed by atoms with E-state index in [0.29, 0.717) is 13.2 Å². The summed E-state index contributed by atoms with van der Waals surface area (Å²) in [5.41, 5.74) is 2.21. The molecule has 0 atom stereocenters. The molecule has 0 aromatic heterocycles. The van der Waals surface area contributed by atoms with Gasteiger partial charge in [0.1, 0.15) is 5.75 Å². The van der Waals surface area contributed by atoms with E-state index in [9.17, 15) is 4.79 Å². The zero-order valence-electron chi connectivity index (χ0n) is 12.4. The summed E-state index contributed by atoms with van der Waals surface area (Å²) in [6.07, 6.45) is -0.411. The van der Waals surface area contributed by atoms with Gasteiger partial charge in [-0.1, -0.05) is 26.8 Å². The summed E-state index contributed by atoms with van der Waals surface area (Å²) in [6.45, 7) is 8.99. The Bertz CT molecular complexity index is 436. The van der Waals surface area contributed by atoms with E-state index in [4.69, 9.17) is 9.47 Å². The molecule has 106 valence electrons. The fraction of sp³-hybridized carbons (Fsp3) is 0.533. The minimum Gasteiger partial charge on any atom is -0.496 e. The molecule has 0 heterocycles. The van der Waals surface area contributed by atoms with Crippen LogP contribution in [0.4, 0.5) is 4.79 Å². The Balaban J connectivity index is 2.88. The van der Waals surface area contributed by atoms with Crippen LogP contribution in [-0.4, -0.2) is 19.8 Å². The monoisotopic (exact) mass is 265 g/mol. The maximum Gasteiger partial charge on any atom is 0.407 e. The van der Waals surface area contributed by atoms with E-state index < -0.39 is 6.09 Å². The lowest BCUT2D eigenvalue weighted by molar-refractivity contribution is 0.151. The molecule has 0 aliphatic carbocycles. The number of ether oxygens (including phenoxy) is 2. The fourth-order valence-electron chi connectivity index (χ4n) is 1.73. The number of benzene rings is 1. The molecule has 1 aromatic rings. The van der Waals surface area contributed by atoms with E-state index in [1.54, 1.807) is 14.0 Å². The largest absolute Gasteiger partial charge is 0.496 e. The van der Waals surface area contributed by atoms with Gasteiger partial charge in [-0.3, -0.25) is 0 Å². The van der Waals surface area contributed by atoms with E-state index in [1.807, 2.05) is 12.1 Å². The summed E-state index contributed by atoms with van der Waals surface area (Å²) in [6, 6.07) is 6.04. The Morgan fingerprint density at radius 1 is 1.32 bits per heavy atom. The summed E-state index contributed by atoms with van der Waals surface area (Å²) >= 11 is 0. The van der Waals surface area contributed by atoms with Gasteiger partial charge in [0.05, 0.1) is 13.7 Å². The van der Waals surface area contributed by atoms with Crippen LogP contribution in [0.15, 0.2) is 18.2 Å². The van der Waals surface area contributed by atoms with Crippen molar-refractivity contribution in [3.8, 4) is 5.75 Å². The summed E-state index contributed by atoms with van der Waals surface area (Å²) in [4.78, 5) is 11.3. The number of amides is 1. The maximum atomic E-state index is 11.3. The Morgan fingerprint density at radius 2 is 2.00 bits per heavy atom. The van der Waals surface area contributed by atoms with Crippen molar-refractivity contribution in [2.24, 2.45) is 0 Å². The van der Waals surface area contributed by atoms with E-state index in [2.05, 4.69) is 32.2 Å². The summed E-state index contributed by atoms with van der Waals surface area (Å²) in [5, 5.41) is 2.71. The van der Waals surface area contributed by atoms with E-state index in [1.165, 1.54) is 5.56 Å². The zero-order chi connectivity index (χ0) is 14.5. The average Bonchev–Trinajstić information content (AvgIpc) is 2.35. The van der Waals surface area contributed by atoms with Crippen molar-refractivity contribution in [3.05, 3.63) is 29.3 Å². The minimum atomic E-state index is -0.411. The maximum absolute atomic E-state index is 11.3. The molecule has 0 unspecified atom stereocenters. The van der Waals surface area contributed by atoms with Gasteiger partial charge in [-0.15, -0.1) is 0 Å². The summed E-state index contributed by atoms with van der Waals surface area (Å²) in [7, 11) is 1.62. The smallest absolute Gasteiger partial charge is 0.407 e. The molecule has 0 aliphatic rings. The summed E-state index contributed by atoms with van der Waals surface area (Å²) in [5.74, 6) is 0.768. The molecule has 1 amide bonds. The highest BCUT2D eigenvalue weighted by atomic mass is 16.5. The Hall–Kier alpha value is -1.71. The van der Waals surface area contributed by atoms with Gasteiger partial charge in [-0.2, -0.15) is 0 Å². The van der Waals surface area contributed by atoms with Crippen LogP contribution in [0.3, 0.4) is 0 Å². The van der Waals surface area contributed by atoms with E-state index >= 15 is 0 Å². The predicted octanol–water partition coefficient (Wildman–Crippen LogP) is 3.24. The van der Waals surface area contributed by atoms with Gasteiger partial charge in [0.15, 0.2) is 0 Å². The molecule has 4 nitrogen and oxygen atoms in total. The number of nitrogens with one attached hydrogen (secondary N) is 1. The third-order valence-corrected chi connectivity index (χ3v) is 2.85. The lowest BCUT2D eigenvalue weighted by atomic mass is 9.86. The Morgan fingerprint density at radius 3 is 2.53 bits per heavy atom. The molecule has 0 radical (unpaired) electrons. The van der Waals surface area contributed by atoms with Crippen molar-refractivity contribution in [3.63, 3.8) is 0 Å². The Labute approximate surface area is 115 Å². The number of alkyl carbamates (subject to hydrolysis) is 1. The lowest BCUT2D eigenvalue weighted by Gasteiger charge is -2.21. The van der Waals surface area contributed by atoms with Crippen LogP contribution in [0.25, 0.3) is 0 Å². The molecule has 1 rings (SSSR count). The molecular formula is C15H23NO3. The number of rotatable bonds is 4. The van der Waals surface area contributed by atoms with E-state index in [-0.39, 0.29) is 5.41 Å². The molecule has 0 bridgehead atoms. The van der Waals surface area contributed by atoms with Crippen molar-refractivity contribution < 1.29 is 14.3 Å². The number of carbonyl (C=O) groups is 1. The third-order valence-electron chi connectivity index (χ3n) is 2.85. The van der Waals surface area contributed by atoms with Gasteiger partial charge < -0.3 is 14.8 Å². The number of methoxy groups -OCH3 is 1. The highest BCUT2D eigenvalue weighted by molar-refractivity contribution is 5.67. The first-order valence-corrected chi connectivity index (χ1v) is 6.46. The first-order chi connectivity index (χ1) is 8.88. The quantitative estimate of drug-likeness (QED) is 0.909. The summed E-state index contributed by atoms with van der Waals surface area (Å²) < 4.78 is 10.2. The molecule has 19 heavy (non-hydrogen) atoms. The zero-order valence-corrected chi connectivity index (χ0v) is 12.4. The Kier molecular flexibility index (Phi) is 5.21. The lowest BCUT2D eigenvalue weighted by Crippen LogP contribution is -2.24. The van der Waals surface area contributed by atoms with Gasteiger partial charge in [-0.05, 0) is 30.0 Å². The van der Waals surface area contributed by atoms with Crippen LogP contribution in [0.2, 0.25) is 0 Å². The van der Waals surface area contributed by atoms with Crippen LogP contribution < -0.4 is 10.1 Å². The molecule has 0 saturated carbocycles. The fourth-order valence-corrected chi connectivity index (χ4v) is 1.73. The van der Waals surface area contributed by atoms with Gasteiger partial charge in [-0.25, -0.2) is 4.79 Å². The van der Waals surface area contributed by atoms with Gasteiger partial charge in [0, 0.05) is 12.1 Å². The van der Waals surface area contributed by atoms with Gasteiger partial charge >= 0.3 is 6.09 Å². The van der Waals surface area contributed by atoms with Crippen molar-refractivity contribution in [1.82, 2.24) is 5.32 Å². The standard InChI is InChI=1S/C15H23NO3/c1-6-19-14(17)16-10-11-9-12(15(2,3)4)7-8-13(11)18-5/h7-9H,6,10H2,1-5H3,(H,16,17). The molecule has 1 N–H and O–H groups in total. The second-order valence-corrected chi connectivity index (χ2v) is 5.35. The molecule has 0 aliphatic heterocycles. The van der Waals surface area contributed by atoms with Crippen molar-refractivity contribution in [1.29, 1.82) is 0 Å².